The lowest BCUT2D eigenvalue weighted by atomic mass is 9.92. The van der Waals surface area contributed by atoms with Crippen molar-refractivity contribution in [2.75, 3.05) is 11.9 Å². The van der Waals surface area contributed by atoms with Gasteiger partial charge < -0.3 is 9.87 Å². The predicted octanol–water partition coefficient (Wildman–Crippen LogP) is 4.60. The maximum absolute atomic E-state index is 11.5. The maximum atomic E-state index is 11.5. The van der Waals surface area contributed by atoms with Crippen molar-refractivity contribution in [3.8, 4) is 0 Å². The standard InChI is InChI=1S/C17H23Cl2N3O2S/c1-10(13-7-6-12(18)8-14(13)19)15-11(2)21-22(5)16(15)20-9-17(3,4)25(23)24/h6-8,10,20H,9H2,1-5H3,(H,23,24). The first kappa shape index (κ1) is 20.2. The Morgan fingerprint density at radius 3 is 2.60 bits per heavy atom. The van der Waals surface area contributed by atoms with E-state index < -0.39 is 15.8 Å². The molecule has 5 nitrogen and oxygen atoms in total. The molecule has 0 aliphatic carbocycles. The van der Waals surface area contributed by atoms with E-state index in [2.05, 4.69) is 17.3 Å². The van der Waals surface area contributed by atoms with E-state index in [1.54, 1.807) is 24.6 Å². The first-order valence-corrected chi connectivity index (χ1v) is 9.74. The van der Waals surface area contributed by atoms with Crippen LogP contribution in [0.3, 0.4) is 0 Å². The number of anilines is 1. The molecule has 0 saturated heterocycles. The first-order chi connectivity index (χ1) is 11.5. The highest BCUT2D eigenvalue weighted by Crippen LogP contribution is 2.37. The van der Waals surface area contributed by atoms with Gasteiger partial charge in [-0.3, -0.25) is 4.68 Å². The van der Waals surface area contributed by atoms with Gasteiger partial charge in [0.25, 0.3) is 0 Å². The maximum Gasteiger partial charge on any atom is 0.160 e. The van der Waals surface area contributed by atoms with E-state index in [9.17, 15) is 8.76 Å². The number of hydrogen-bond acceptors (Lipinski definition) is 3. The van der Waals surface area contributed by atoms with Crippen LogP contribution >= 0.6 is 23.2 Å². The number of aromatic nitrogens is 2. The molecule has 2 atom stereocenters. The van der Waals surface area contributed by atoms with Crippen LogP contribution in [0.4, 0.5) is 5.82 Å². The molecule has 0 aliphatic rings. The zero-order chi connectivity index (χ0) is 18.9. The summed E-state index contributed by atoms with van der Waals surface area (Å²) in [5.74, 6) is 0.804. The quantitative estimate of drug-likeness (QED) is 0.691. The Morgan fingerprint density at radius 1 is 1.40 bits per heavy atom. The van der Waals surface area contributed by atoms with E-state index in [0.717, 1.165) is 22.6 Å². The van der Waals surface area contributed by atoms with Crippen LogP contribution < -0.4 is 5.32 Å². The highest BCUT2D eigenvalue weighted by Gasteiger charge is 2.27. The molecule has 0 radical (unpaired) electrons. The van der Waals surface area contributed by atoms with E-state index in [1.807, 2.05) is 26.1 Å². The molecule has 138 valence electrons. The van der Waals surface area contributed by atoms with Crippen LogP contribution in [0.1, 0.15) is 43.5 Å². The molecule has 1 heterocycles. The fourth-order valence-electron chi connectivity index (χ4n) is 2.77. The van der Waals surface area contributed by atoms with E-state index in [4.69, 9.17) is 23.2 Å². The Hall–Kier alpha value is -1.08. The van der Waals surface area contributed by atoms with Crippen molar-refractivity contribution < 1.29 is 8.76 Å². The summed E-state index contributed by atoms with van der Waals surface area (Å²) in [7, 11) is 1.85. The monoisotopic (exact) mass is 403 g/mol. The largest absolute Gasteiger partial charge is 0.368 e. The zero-order valence-corrected chi connectivity index (χ0v) is 17.3. The predicted molar refractivity (Wildman–Crippen MR) is 105 cm³/mol. The van der Waals surface area contributed by atoms with Crippen LogP contribution in [0.25, 0.3) is 0 Å². The third-order valence-electron chi connectivity index (χ3n) is 4.28. The summed E-state index contributed by atoms with van der Waals surface area (Å²) < 4.78 is 21.9. The van der Waals surface area contributed by atoms with E-state index in [0.29, 0.717) is 16.6 Å². The number of aryl methyl sites for hydroxylation is 2. The molecule has 0 saturated carbocycles. The number of nitrogens with zero attached hydrogens (tertiary/aromatic N) is 2. The van der Waals surface area contributed by atoms with E-state index in [-0.39, 0.29) is 5.92 Å². The Balaban J connectivity index is 2.39. The molecule has 25 heavy (non-hydrogen) atoms. The van der Waals surface area contributed by atoms with Crippen molar-refractivity contribution in [2.24, 2.45) is 7.05 Å². The molecule has 2 unspecified atom stereocenters. The Labute approximate surface area is 161 Å². The molecule has 0 aliphatic heterocycles. The van der Waals surface area contributed by atoms with E-state index >= 15 is 0 Å². The average Bonchev–Trinajstić information content (AvgIpc) is 2.78. The third kappa shape index (κ3) is 4.37. The number of rotatable bonds is 6. The van der Waals surface area contributed by atoms with Gasteiger partial charge in [0.05, 0.1) is 10.4 Å². The Morgan fingerprint density at radius 2 is 2.04 bits per heavy atom. The summed E-state index contributed by atoms with van der Waals surface area (Å²) in [5, 5.41) is 8.98. The summed E-state index contributed by atoms with van der Waals surface area (Å²) in [4.78, 5) is 0. The second-order valence-electron chi connectivity index (χ2n) is 6.72. The number of benzene rings is 1. The molecule has 2 N–H and O–H groups in total. The number of halogens is 2. The summed E-state index contributed by atoms with van der Waals surface area (Å²) >= 11 is 10.4. The van der Waals surface area contributed by atoms with E-state index in [1.165, 1.54) is 0 Å². The van der Waals surface area contributed by atoms with Crippen LogP contribution in [-0.2, 0) is 18.1 Å². The number of nitrogens with one attached hydrogen (secondary N) is 1. The summed E-state index contributed by atoms with van der Waals surface area (Å²) in [5.41, 5.74) is 2.84. The van der Waals surface area contributed by atoms with Gasteiger partial charge in [-0.15, -0.1) is 0 Å². The lowest BCUT2D eigenvalue weighted by molar-refractivity contribution is 0.522. The SMILES string of the molecule is Cc1nn(C)c(NCC(C)(C)S(=O)O)c1C(C)c1ccc(Cl)cc1Cl. The van der Waals surface area contributed by atoms with Gasteiger partial charge in [-0.25, -0.2) is 4.21 Å². The first-order valence-electron chi connectivity index (χ1n) is 7.88. The van der Waals surface area contributed by atoms with Gasteiger partial charge in [-0.1, -0.05) is 36.2 Å². The topological polar surface area (TPSA) is 67.2 Å². The highest BCUT2D eigenvalue weighted by molar-refractivity contribution is 7.80. The third-order valence-corrected chi connectivity index (χ3v) is 5.94. The van der Waals surface area contributed by atoms with Gasteiger partial charge in [0.1, 0.15) is 5.82 Å². The van der Waals surface area contributed by atoms with Gasteiger partial charge in [-0.2, -0.15) is 5.10 Å². The van der Waals surface area contributed by atoms with Gasteiger partial charge in [0, 0.05) is 35.1 Å². The highest BCUT2D eigenvalue weighted by atomic mass is 35.5. The van der Waals surface area contributed by atoms with Crippen LogP contribution in [-0.4, -0.2) is 29.8 Å². The van der Waals surface area contributed by atoms with Gasteiger partial charge >= 0.3 is 0 Å². The fraction of sp³-hybridized carbons (Fsp3) is 0.471. The second-order valence-corrected chi connectivity index (χ2v) is 9.17. The molecule has 0 amide bonds. The molecule has 2 aromatic rings. The van der Waals surface area contributed by atoms with Crippen molar-refractivity contribution in [3.05, 3.63) is 45.1 Å². The lowest BCUT2D eigenvalue weighted by Crippen LogP contribution is -2.35. The summed E-state index contributed by atoms with van der Waals surface area (Å²) in [6.45, 7) is 7.80. The van der Waals surface area contributed by atoms with Crippen molar-refractivity contribution in [1.82, 2.24) is 9.78 Å². The molecule has 0 bridgehead atoms. The molecular formula is C17H23Cl2N3O2S. The molecule has 2 rings (SSSR count). The fourth-order valence-corrected chi connectivity index (χ4v) is 3.54. The minimum Gasteiger partial charge on any atom is -0.368 e. The normalized spacial score (nSPS) is 14.4. The van der Waals surface area contributed by atoms with Gasteiger partial charge in [0.15, 0.2) is 11.1 Å². The molecule has 1 aromatic carbocycles. The Bertz CT molecular complexity index is 805. The molecule has 0 fully saturated rings. The van der Waals surface area contributed by atoms with Gasteiger partial charge in [0.2, 0.25) is 0 Å². The zero-order valence-electron chi connectivity index (χ0n) is 14.9. The summed E-state index contributed by atoms with van der Waals surface area (Å²) in [6.07, 6.45) is 0. The lowest BCUT2D eigenvalue weighted by Gasteiger charge is -2.23. The Kier molecular flexibility index (Phi) is 6.20. The van der Waals surface area contributed by atoms with Crippen LogP contribution in [0.15, 0.2) is 18.2 Å². The molecular weight excluding hydrogens is 381 g/mol. The number of hydrogen-bond donors (Lipinski definition) is 2. The van der Waals surface area contributed by atoms with Crippen molar-refractivity contribution in [1.29, 1.82) is 0 Å². The minimum absolute atomic E-state index is 0.0105. The molecule has 0 spiro atoms. The smallest absolute Gasteiger partial charge is 0.160 e. The van der Waals surface area contributed by atoms with Gasteiger partial charge in [-0.05, 0) is 38.5 Å². The van der Waals surface area contributed by atoms with Crippen molar-refractivity contribution >= 4 is 40.1 Å². The summed E-state index contributed by atoms with van der Waals surface area (Å²) in [6, 6.07) is 5.46. The van der Waals surface area contributed by atoms with Crippen molar-refractivity contribution in [2.45, 2.75) is 38.4 Å². The van der Waals surface area contributed by atoms with Crippen molar-refractivity contribution in [3.63, 3.8) is 0 Å². The van der Waals surface area contributed by atoms with Crippen LogP contribution in [0, 0.1) is 6.92 Å². The molecule has 1 aromatic heterocycles. The molecule has 8 heteroatoms. The minimum atomic E-state index is -1.94. The second kappa shape index (κ2) is 7.66. The van der Waals surface area contributed by atoms with Crippen LogP contribution in [0.2, 0.25) is 10.0 Å². The van der Waals surface area contributed by atoms with Crippen LogP contribution in [0.5, 0.6) is 0 Å². The average molecular weight is 404 g/mol.